The molecule has 0 heterocycles. The number of halogens is 1. The zero-order chi connectivity index (χ0) is 0. The van der Waals surface area contributed by atoms with E-state index in [1.54, 1.807) is 0 Å². The molecule has 0 spiro atoms. The van der Waals surface area contributed by atoms with Gasteiger partial charge in [0.2, 0.25) is 0 Å². The summed E-state index contributed by atoms with van der Waals surface area (Å²) in [5.41, 5.74) is 0. The number of hydrogen-bond donors (Lipinski definition) is 0. The minimum absolute atomic E-state index is 0. The van der Waals surface area contributed by atoms with Crippen molar-refractivity contribution >= 4 is 0 Å². The van der Waals surface area contributed by atoms with Crippen molar-refractivity contribution in [3.63, 3.8) is 0 Å². The van der Waals surface area contributed by atoms with Crippen molar-refractivity contribution in [1.82, 2.24) is 0 Å². The van der Waals surface area contributed by atoms with Crippen molar-refractivity contribution in [3.05, 3.63) is 0 Å². The molecule has 0 aliphatic rings. The molecule has 0 bridgehead atoms. The van der Waals surface area contributed by atoms with E-state index in [0.29, 0.717) is 0 Å². The second-order valence-corrected chi connectivity index (χ2v) is 0. The van der Waals surface area contributed by atoms with Crippen LogP contribution in [-0.2, 0) is 16.8 Å². The van der Waals surface area contributed by atoms with E-state index in [9.17, 15) is 0 Å². The fourth-order valence-corrected chi connectivity index (χ4v) is 0. The smallest absolute Gasteiger partial charge is 1.00 e. The summed E-state index contributed by atoms with van der Waals surface area (Å²) in [4.78, 5) is 0. The number of rotatable bonds is 0. The van der Waals surface area contributed by atoms with Crippen LogP contribution in [0.15, 0.2) is 0 Å². The van der Waals surface area contributed by atoms with Crippen LogP contribution < -0.4 is 12.4 Å². The molecule has 8 heavy (non-hydrogen) atoms. The van der Waals surface area contributed by atoms with Gasteiger partial charge < -0.3 is 45.3 Å². The van der Waals surface area contributed by atoms with Gasteiger partial charge in [-0.1, -0.05) is 0 Å². The molecule has 0 radical (unpaired) electrons. The van der Waals surface area contributed by atoms with Gasteiger partial charge in [0.1, 0.15) is 0 Å². The third-order valence-corrected chi connectivity index (χ3v) is 0. The van der Waals surface area contributed by atoms with E-state index in [1.165, 1.54) is 0 Å². The molecule has 0 aliphatic carbocycles. The van der Waals surface area contributed by atoms with Crippen LogP contribution in [0.25, 0.3) is 0 Å². The standard InChI is InChI=1S/ClH.Co.6H2O/h1H;;6*1H2/q;+3;;;;;;/p-1. The van der Waals surface area contributed by atoms with Crippen molar-refractivity contribution in [2.24, 2.45) is 0 Å². The third kappa shape index (κ3) is 654. The molecule has 0 saturated carbocycles. The predicted molar refractivity (Wildman–Crippen MR) is 21.7 cm³/mol. The van der Waals surface area contributed by atoms with Crippen molar-refractivity contribution in [2.75, 3.05) is 0 Å². The SMILES string of the molecule is O.O.O.O.O.O.[Cl-].[Co+3]. The Morgan fingerprint density at radius 1 is 0.375 bits per heavy atom. The first-order chi connectivity index (χ1) is 0. The fraction of sp³-hybridized carbons (Fsp3) is 0. The van der Waals surface area contributed by atoms with Gasteiger partial charge in [-0.3, -0.25) is 0 Å². The first-order valence-electron chi connectivity index (χ1n) is 0. The van der Waals surface area contributed by atoms with Gasteiger partial charge in [-0.25, -0.2) is 0 Å². The Labute approximate surface area is 62.7 Å². The Balaban J connectivity index is 0. The summed E-state index contributed by atoms with van der Waals surface area (Å²) in [6.45, 7) is 0. The van der Waals surface area contributed by atoms with Crippen LogP contribution in [0.5, 0.6) is 0 Å². The second-order valence-electron chi connectivity index (χ2n) is 0. The quantitative estimate of drug-likeness (QED) is 0.361. The van der Waals surface area contributed by atoms with Crippen LogP contribution >= 0.6 is 0 Å². The van der Waals surface area contributed by atoms with Crippen LogP contribution in [-0.4, -0.2) is 32.9 Å². The van der Waals surface area contributed by atoms with Gasteiger partial charge in [-0.15, -0.1) is 0 Å². The van der Waals surface area contributed by atoms with Gasteiger partial charge in [0.15, 0.2) is 0 Å². The van der Waals surface area contributed by atoms with Gasteiger partial charge in [0, 0.05) is 0 Å². The Kier molecular flexibility index (Phi) is 207000. The van der Waals surface area contributed by atoms with Crippen molar-refractivity contribution < 1.29 is 62.0 Å². The van der Waals surface area contributed by atoms with Crippen LogP contribution in [0.3, 0.4) is 0 Å². The molecule has 6 nitrogen and oxygen atoms in total. The molecular formula is H12ClCoO6+2. The average Bonchev–Trinajstić information content (AvgIpc) is 0. The summed E-state index contributed by atoms with van der Waals surface area (Å²) < 4.78 is 0. The molecule has 62 valence electrons. The van der Waals surface area contributed by atoms with E-state index >= 15 is 0 Å². The van der Waals surface area contributed by atoms with Crippen LogP contribution in [0, 0.1) is 0 Å². The Morgan fingerprint density at radius 3 is 0.375 bits per heavy atom. The molecule has 0 atom stereocenters. The summed E-state index contributed by atoms with van der Waals surface area (Å²) in [6, 6.07) is 0. The summed E-state index contributed by atoms with van der Waals surface area (Å²) in [7, 11) is 0. The topological polar surface area (TPSA) is 189 Å². The fourth-order valence-electron chi connectivity index (χ4n) is 0. The summed E-state index contributed by atoms with van der Waals surface area (Å²) in [5, 5.41) is 0. The summed E-state index contributed by atoms with van der Waals surface area (Å²) >= 11 is 0. The Morgan fingerprint density at radius 2 is 0.375 bits per heavy atom. The second kappa shape index (κ2) is 1050. The first-order valence-corrected chi connectivity index (χ1v) is 0. The van der Waals surface area contributed by atoms with Crippen molar-refractivity contribution in [1.29, 1.82) is 0 Å². The van der Waals surface area contributed by atoms with Crippen molar-refractivity contribution in [3.8, 4) is 0 Å². The van der Waals surface area contributed by atoms with E-state index in [4.69, 9.17) is 0 Å². The molecule has 0 saturated heterocycles. The zero-order valence-electron chi connectivity index (χ0n) is 3.71. The minimum Gasteiger partial charge on any atom is -1.00 e. The normalized spacial score (nSPS) is 0. The third-order valence-electron chi connectivity index (χ3n) is 0. The maximum absolute atomic E-state index is 0. The molecule has 8 heteroatoms. The molecule has 12 N–H and O–H groups in total. The maximum Gasteiger partial charge on any atom is 3.00 e. The van der Waals surface area contributed by atoms with E-state index < -0.39 is 0 Å². The summed E-state index contributed by atoms with van der Waals surface area (Å²) in [6.07, 6.45) is 0. The average molecular weight is 202 g/mol. The van der Waals surface area contributed by atoms with Crippen LogP contribution in [0.4, 0.5) is 0 Å². The largest absolute Gasteiger partial charge is 3.00 e. The van der Waals surface area contributed by atoms with Gasteiger partial charge in [0.05, 0.1) is 0 Å². The van der Waals surface area contributed by atoms with E-state index in [1.807, 2.05) is 0 Å². The molecular weight excluding hydrogens is 190 g/mol. The minimum atomic E-state index is 0. The first kappa shape index (κ1) is 1580. The number of hydrogen-bond acceptors (Lipinski definition) is 0. The van der Waals surface area contributed by atoms with E-state index in [0.717, 1.165) is 0 Å². The van der Waals surface area contributed by atoms with E-state index in [2.05, 4.69) is 0 Å². The molecule has 0 aromatic rings. The van der Waals surface area contributed by atoms with Crippen LogP contribution in [0.2, 0.25) is 0 Å². The molecule has 0 aromatic heterocycles. The molecule has 0 aliphatic heterocycles. The van der Waals surface area contributed by atoms with Gasteiger partial charge >= 0.3 is 16.8 Å². The zero-order valence-corrected chi connectivity index (χ0v) is 5.51. The van der Waals surface area contributed by atoms with E-state index in [-0.39, 0.29) is 62.0 Å². The van der Waals surface area contributed by atoms with Gasteiger partial charge in [-0.2, -0.15) is 0 Å². The van der Waals surface area contributed by atoms with Crippen molar-refractivity contribution in [2.45, 2.75) is 0 Å². The molecule has 0 amide bonds. The monoisotopic (exact) mass is 202 g/mol. The Bertz CT molecular complexity index is 8.49. The predicted octanol–water partition coefficient (Wildman–Crippen LogP) is -7.95. The molecule has 0 fully saturated rings. The maximum atomic E-state index is 0. The van der Waals surface area contributed by atoms with Crippen LogP contribution in [0.1, 0.15) is 0 Å². The summed E-state index contributed by atoms with van der Waals surface area (Å²) in [5.74, 6) is 0. The Hall–Kier alpha value is 0.556. The van der Waals surface area contributed by atoms with Gasteiger partial charge in [-0.05, 0) is 0 Å². The molecule has 0 unspecified atom stereocenters. The molecule has 0 rings (SSSR count). The van der Waals surface area contributed by atoms with Gasteiger partial charge in [0.25, 0.3) is 0 Å². The molecule has 0 aromatic carbocycles.